The second kappa shape index (κ2) is 11.3. The summed E-state index contributed by atoms with van der Waals surface area (Å²) >= 11 is 0. The molecule has 0 radical (unpaired) electrons. The molecule has 3 aromatic rings. The van der Waals surface area contributed by atoms with Crippen molar-refractivity contribution in [1.82, 2.24) is 9.97 Å². The molecular formula is C25H25F3N4O4. The quantitative estimate of drug-likeness (QED) is 0.416. The summed E-state index contributed by atoms with van der Waals surface area (Å²) in [6.45, 7) is -3.09. The molecule has 0 amide bonds. The van der Waals surface area contributed by atoms with Crippen molar-refractivity contribution in [1.29, 1.82) is 0 Å². The SMILES string of the molecule is O=C(O)COCC1(F)CCN(c2cncc(N(c3ccccc3)c3cccc(OC(F)F)c3)n2)CC1. The van der Waals surface area contributed by atoms with Crippen LogP contribution in [0.25, 0.3) is 0 Å². The Kier molecular flexibility index (Phi) is 7.89. The van der Waals surface area contributed by atoms with Gasteiger partial charge in [0.15, 0.2) is 5.82 Å². The highest BCUT2D eigenvalue weighted by atomic mass is 19.3. The Morgan fingerprint density at radius 1 is 1.08 bits per heavy atom. The number of rotatable bonds is 10. The molecule has 0 unspecified atom stereocenters. The third-order valence-corrected chi connectivity index (χ3v) is 5.72. The highest BCUT2D eigenvalue weighted by Gasteiger charge is 2.35. The number of carboxylic acids is 1. The summed E-state index contributed by atoms with van der Waals surface area (Å²) in [5, 5.41) is 8.69. The number of alkyl halides is 3. The largest absolute Gasteiger partial charge is 0.480 e. The van der Waals surface area contributed by atoms with Crippen molar-refractivity contribution in [3.63, 3.8) is 0 Å². The first-order chi connectivity index (χ1) is 17.3. The summed E-state index contributed by atoms with van der Waals surface area (Å²) in [6, 6.07) is 15.5. The molecule has 36 heavy (non-hydrogen) atoms. The number of piperidine rings is 1. The number of aliphatic carboxylic acids is 1. The summed E-state index contributed by atoms with van der Waals surface area (Å²) in [5.74, 6) is -0.165. The Hall–Kier alpha value is -3.86. The number of aromatic nitrogens is 2. The van der Waals surface area contributed by atoms with Gasteiger partial charge in [-0.05, 0) is 24.3 Å². The fourth-order valence-electron chi connectivity index (χ4n) is 4.00. The number of nitrogens with zero attached hydrogens (tertiary/aromatic N) is 4. The van der Waals surface area contributed by atoms with E-state index in [-0.39, 0.29) is 25.2 Å². The molecule has 0 aliphatic carbocycles. The highest BCUT2D eigenvalue weighted by Crippen LogP contribution is 2.36. The zero-order chi connectivity index (χ0) is 25.5. The predicted octanol–water partition coefficient (Wildman–Crippen LogP) is 4.96. The summed E-state index contributed by atoms with van der Waals surface area (Å²) in [6.07, 6.45) is 3.43. The molecule has 0 saturated carbocycles. The Morgan fingerprint density at radius 2 is 1.81 bits per heavy atom. The van der Waals surface area contributed by atoms with Crippen LogP contribution in [-0.2, 0) is 9.53 Å². The van der Waals surface area contributed by atoms with Crippen molar-refractivity contribution in [2.45, 2.75) is 25.1 Å². The summed E-state index contributed by atoms with van der Waals surface area (Å²) < 4.78 is 50.2. The average Bonchev–Trinajstić information content (AvgIpc) is 2.85. The third kappa shape index (κ3) is 6.42. The molecule has 1 aliphatic heterocycles. The van der Waals surface area contributed by atoms with Gasteiger partial charge in [-0.3, -0.25) is 9.88 Å². The lowest BCUT2D eigenvalue weighted by molar-refractivity contribution is -0.144. The van der Waals surface area contributed by atoms with Gasteiger partial charge in [0.1, 0.15) is 23.8 Å². The van der Waals surface area contributed by atoms with Crippen LogP contribution in [0.3, 0.4) is 0 Å². The number of carboxylic acid groups (broad SMARTS) is 1. The molecule has 11 heteroatoms. The molecule has 0 atom stereocenters. The molecule has 1 saturated heterocycles. The molecule has 4 rings (SSSR count). The topological polar surface area (TPSA) is 88.0 Å². The molecule has 2 heterocycles. The number of hydrogen-bond donors (Lipinski definition) is 1. The molecule has 1 fully saturated rings. The number of para-hydroxylation sites is 1. The van der Waals surface area contributed by atoms with Gasteiger partial charge in [-0.2, -0.15) is 8.78 Å². The molecule has 8 nitrogen and oxygen atoms in total. The van der Waals surface area contributed by atoms with Gasteiger partial charge in [0, 0.05) is 37.7 Å². The van der Waals surface area contributed by atoms with E-state index in [0.29, 0.717) is 30.4 Å². The monoisotopic (exact) mass is 502 g/mol. The Labute approximate surface area is 205 Å². The summed E-state index contributed by atoms with van der Waals surface area (Å²) in [7, 11) is 0. The van der Waals surface area contributed by atoms with E-state index in [1.165, 1.54) is 12.1 Å². The predicted molar refractivity (Wildman–Crippen MR) is 127 cm³/mol. The fraction of sp³-hybridized carbons (Fsp3) is 0.320. The molecule has 1 aliphatic rings. The standard InChI is InChI=1S/C25H25F3N4O4/c26-24(27)36-20-8-4-7-19(13-20)32(18-5-2-1-3-6-18)22-15-29-14-21(30-22)31-11-9-25(28,10-12-31)17-35-16-23(33)34/h1-8,13-15,24H,9-12,16-17H2,(H,33,34). The highest BCUT2D eigenvalue weighted by molar-refractivity contribution is 5.75. The second-order valence-electron chi connectivity index (χ2n) is 8.31. The zero-order valence-electron chi connectivity index (χ0n) is 19.3. The third-order valence-electron chi connectivity index (χ3n) is 5.72. The molecule has 2 aromatic carbocycles. The molecule has 0 bridgehead atoms. The molecule has 190 valence electrons. The number of carbonyl (C=O) groups is 1. The van der Waals surface area contributed by atoms with Gasteiger partial charge >= 0.3 is 12.6 Å². The van der Waals surface area contributed by atoms with E-state index in [4.69, 9.17) is 14.8 Å². The van der Waals surface area contributed by atoms with Crippen LogP contribution in [0, 0.1) is 0 Å². The fourth-order valence-corrected chi connectivity index (χ4v) is 4.00. The molecule has 1 N–H and O–H groups in total. The number of halogens is 3. The van der Waals surface area contributed by atoms with Crippen LogP contribution < -0.4 is 14.5 Å². The van der Waals surface area contributed by atoms with Crippen molar-refractivity contribution in [3.05, 3.63) is 67.0 Å². The molecular weight excluding hydrogens is 477 g/mol. The van der Waals surface area contributed by atoms with Gasteiger partial charge in [-0.1, -0.05) is 24.3 Å². The lowest BCUT2D eigenvalue weighted by Gasteiger charge is -2.36. The van der Waals surface area contributed by atoms with Gasteiger partial charge in [0.05, 0.1) is 24.7 Å². The number of ether oxygens (including phenoxy) is 2. The zero-order valence-corrected chi connectivity index (χ0v) is 19.3. The Bertz CT molecular complexity index is 1160. The van der Waals surface area contributed by atoms with E-state index in [9.17, 15) is 13.6 Å². The summed E-state index contributed by atoms with van der Waals surface area (Å²) in [4.78, 5) is 23.3. The first-order valence-electron chi connectivity index (χ1n) is 11.3. The van der Waals surface area contributed by atoms with E-state index < -0.39 is 24.9 Å². The van der Waals surface area contributed by atoms with Gasteiger partial charge < -0.3 is 19.5 Å². The van der Waals surface area contributed by atoms with Crippen LogP contribution in [0.4, 0.5) is 36.2 Å². The van der Waals surface area contributed by atoms with E-state index in [2.05, 4.69) is 9.72 Å². The minimum Gasteiger partial charge on any atom is -0.480 e. The first-order valence-corrected chi connectivity index (χ1v) is 11.3. The van der Waals surface area contributed by atoms with E-state index in [1.54, 1.807) is 29.4 Å². The van der Waals surface area contributed by atoms with Gasteiger partial charge in [0.2, 0.25) is 0 Å². The molecule has 0 spiro atoms. The van der Waals surface area contributed by atoms with Crippen LogP contribution in [0.15, 0.2) is 67.0 Å². The van der Waals surface area contributed by atoms with Crippen molar-refractivity contribution in [2.75, 3.05) is 36.1 Å². The van der Waals surface area contributed by atoms with E-state index in [1.807, 2.05) is 35.2 Å². The lowest BCUT2D eigenvalue weighted by atomic mass is 9.94. The van der Waals surface area contributed by atoms with Crippen LogP contribution in [-0.4, -0.2) is 59.6 Å². The Morgan fingerprint density at radius 3 is 2.50 bits per heavy atom. The normalized spacial score (nSPS) is 15.1. The van der Waals surface area contributed by atoms with Crippen LogP contribution in [0.2, 0.25) is 0 Å². The summed E-state index contributed by atoms with van der Waals surface area (Å²) in [5.41, 5.74) is -0.337. The number of benzene rings is 2. The van der Waals surface area contributed by atoms with Crippen LogP contribution in [0.5, 0.6) is 5.75 Å². The van der Waals surface area contributed by atoms with Crippen molar-refractivity contribution in [2.24, 2.45) is 0 Å². The van der Waals surface area contributed by atoms with Crippen molar-refractivity contribution >= 4 is 29.0 Å². The van der Waals surface area contributed by atoms with Gasteiger partial charge in [0.25, 0.3) is 0 Å². The maximum Gasteiger partial charge on any atom is 0.387 e. The number of anilines is 4. The average molecular weight is 502 g/mol. The van der Waals surface area contributed by atoms with Gasteiger partial charge in [-0.25, -0.2) is 14.2 Å². The maximum absolute atomic E-state index is 15.0. The van der Waals surface area contributed by atoms with Gasteiger partial charge in [-0.15, -0.1) is 0 Å². The minimum absolute atomic E-state index is 0.00739. The minimum atomic E-state index is -2.95. The molecule has 1 aromatic heterocycles. The van der Waals surface area contributed by atoms with Crippen LogP contribution >= 0.6 is 0 Å². The lowest BCUT2D eigenvalue weighted by Crippen LogP contribution is -2.45. The Balaban J connectivity index is 1.57. The smallest absolute Gasteiger partial charge is 0.387 e. The van der Waals surface area contributed by atoms with E-state index >= 15 is 4.39 Å². The first kappa shape index (κ1) is 25.2. The maximum atomic E-state index is 15.0. The van der Waals surface area contributed by atoms with Crippen molar-refractivity contribution < 1.29 is 32.5 Å². The van der Waals surface area contributed by atoms with E-state index in [0.717, 1.165) is 5.69 Å². The van der Waals surface area contributed by atoms with Crippen LogP contribution in [0.1, 0.15) is 12.8 Å². The number of hydrogen-bond acceptors (Lipinski definition) is 7. The second-order valence-corrected chi connectivity index (χ2v) is 8.31. The van der Waals surface area contributed by atoms with Crippen molar-refractivity contribution in [3.8, 4) is 5.75 Å².